The molecule has 0 saturated carbocycles. The van der Waals surface area contributed by atoms with E-state index in [9.17, 15) is 20.1 Å². The predicted molar refractivity (Wildman–Crippen MR) is 161 cm³/mol. The lowest BCUT2D eigenvalue weighted by Gasteiger charge is -2.30. The van der Waals surface area contributed by atoms with Gasteiger partial charge in [-0.25, -0.2) is 0 Å². The van der Waals surface area contributed by atoms with E-state index in [1.807, 2.05) is 0 Å². The van der Waals surface area contributed by atoms with Crippen molar-refractivity contribution in [1.29, 1.82) is 0 Å². The van der Waals surface area contributed by atoms with E-state index in [2.05, 4.69) is 30.4 Å². The average molecular weight is 574 g/mol. The zero-order valence-electron chi connectivity index (χ0n) is 23.3. The highest BCUT2D eigenvalue weighted by molar-refractivity contribution is 6.07. The summed E-state index contributed by atoms with van der Waals surface area (Å²) in [6.45, 7) is 3.65. The molecule has 3 aromatic rings. The lowest BCUT2D eigenvalue weighted by molar-refractivity contribution is 0.102. The van der Waals surface area contributed by atoms with Crippen molar-refractivity contribution >= 4 is 35.1 Å². The van der Waals surface area contributed by atoms with Crippen molar-refractivity contribution in [3.05, 3.63) is 42.0 Å². The summed E-state index contributed by atoms with van der Waals surface area (Å²) < 4.78 is 0. The number of anilines is 5. The second-order valence-electron chi connectivity index (χ2n) is 9.37. The van der Waals surface area contributed by atoms with Gasteiger partial charge in [0.1, 0.15) is 17.2 Å². The van der Waals surface area contributed by atoms with Crippen LogP contribution in [-0.4, -0.2) is 62.4 Å². The number of aromatic hydroxyl groups is 3. The molecular weight excluding hydrogens is 530 g/mol. The van der Waals surface area contributed by atoms with Crippen LogP contribution in [-0.2, 0) is 0 Å². The molecule has 0 aliphatic carbocycles. The SMILES string of the molecule is N.N.N.N.O=C(Nc1ccc(Nc2nc(N3CCCCC3)nc(N3CCCCC3)n2)cc1O)c1ccc(O)cc1O. The van der Waals surface area contributed by atoms with Gasteiger partial charge in [-0.3, -0.25) is 4.79 Å². The number of aromatic nitrogens is 3. The Bertz CT molecular complexity index is 1250. The van der Waals surface area contributed by atoms with Gasteiger partial charge in [-0.05, 0) is 62.8 Å². The Morgan fingerprint density at radius 1 is 0.683 bits per heavy atom. The zero-order valence-corrected chi connectivity index (χ0v) is 23.3. The fourth-order valence-electron chi connectivity index (χ4n) is 4.63. The number of hydrogen-bond donors (Lipinski definition) is 9. The molecule has 0 spiro atoms. The second kappa shape index (κ2) is 15.4. The Morgan fingerprint density at radius 3 is 1.76 bits per heavy atom. The van der Waals surface area contributed by atoms with Crippen molar-refractivity contribution in [1.82, 2.24) is 39.6 Å². The van der Waals surface area contributed by atoms with Crippen molar-refractivity contribution in [3.63, 3.8) is 0 Å². The summed E-state index contributed by atoms with van der Waals surface area (Å²) >= 11 is 0. The molecule has 41 heavy (non-hydrogen) atoms. The van der Waals surface area contributed by atoms with Crippen LogP contribution in [0.3, 0.4) is 0 Å². The van der Waals surface area contributed by atoms with Gasteiger partial charge >= 0.3 is 0 Å². The maximum absolute atomic E-state index is 12.5. The summed E-state index contributed by atoms with van der Waals surface area (Å²) in [6.07, 6.45) is 6.85. The van der Waals surface area contributed by atoms with Crippen LogP contribution < -0.4 is 45.0 Å². The number of carbonyl (C=O) groups is 1. The van der Waals surface area contributed by atoms with E-state index < -0.39 is 5.91 Å². The highest BCUT2D eigenvalue weighted by Crippen LogP contribution is 2.31. The molecule has 3 heterocycles. The average Bonchev–Trinajstić information content (AvgIpc) is 2.91. The number of benzene rings is 2. The second-order valence-corrected chi connectivity index (χ2v) is 9.37. The quantitative estimate of drug-likeness (QED) is 0.182. The molecule has 2 fully saturated rings. The lowest BCUT2D eigenvalue weighted by atomic mass is 10.1. The Balaban J connectivity index is 0.00000210. The molecule has 1 amide bonds. The smallest absolute Gasteiger partial charge is 0.259 e. The van der Waals surface area contributed by atoms with Crippen LogP contribution in [0.5, 0.6) is 17.2 Å². The van der Waals surface area contributed by atoms with Crippen molar-refractivity contribution < 1.29 is 20.1 Å². The van der Waals surface area contributed by atoms with Gasteiger partial charge in [0.05, 0.1) is 11.3 Å². The third-order valence-corrected chi connectivity index (χ3v) is 6.62. The van der Waals surface area contributed by atoms with E-state index in [4.69, 9.17) is 4.98 Å². The molecule has 15 heteroatoms. The van der Waals surface area contributed by atoms with Gasteiger partial charge < -0.3 is 60.4 Å². The first-order valence-corrected chi connectivity index (χ1v) is 12.7. The maximum Gasteiger partial charge on any atom is 0.259 e. The van der Waals surface area contributed by atoms with Gasteiger partial charge in [0.15, 0.2) is 0 Å². The first-order chi connectivity index (χ1) is 18.0. The largest absolute Gasteiger partial charge is 0.508 e. The Hall–Kier alpha value is -4.44. The van der Waals surface area contributed by atoms with Crippen LogP contribution in [0.25, 0.3) is 0 Å². The van der Waals surface area contributed by atoms with E-state index in [0.29, 0.717) is 23.5 Å². The molecule has 0 unspecified atom stereocenters. The van der Waals surface area contributed by atoms with Gasteiger partial charge in [0, 0.05) is 44.0 Å². The molecule has 2 aliphatic heterocycles. The number of rotatable bonds is 6. The molecule has 1 aromatic heterocycles. The van der Waals surface area contributed by atoms with Crippen molar-refractivity contribution in [2.24, 2.45) is 0 Å². The number of carbonyl (C=O) groups excluding carboxylic acids is 1. The molecule has 5 rings (SSSR count). The van der Waals surface area contributed by atoms with Crippen molar-refractivity contribution in [2.75, 3.05) is 46.6 Å². The summed E-state index contributed by atoms with van der Waals surface area (Å²) in [5.41, 5.74) is 0.685. The summed E-state index contributed by atoms with van der Waals surface area (Å²) in [5, 5.41) is 35.7. The van der Waals surface area contributed by atoms with E-state index in [0.717, 1.165) is 57.9 Å². The number of hydrogen-bond acceptors (Lipinski definition) is 14. The normalized spacial score (nSPS) is 14.3. The molecule has 226 valence electrons. The highest BCUT2D eigenvalue weighted by atomic mass is 16.3. The fraction of sp³-hybridized carbons (Fsp3) is 0.385. The monoisotopic (exact) mass is 573 g/mol. The predicted octanol–water partition coefficient (Wildman–Crippen LogP) is 4.61. The molecule has 0 radical (unpaired) electrons. The minimum absolute atomic E-state index is 0. The van der Waals surface area contributed by atoms with Crippen molar-refractivity contribution in [3.8, 4) is 17.2 Å². The molecule has 0 atom stereocenters. The van der Waals surface area contributed by atoms with Crippen LogP contribution >= 0.6 is 0 Å². The molecule has 0 bridgehead atoms. The zero-order chi connectivity index (χ0) is 25.8. The third kappa shape index (κ3) is 8.28. The van der Waals surface area contributed by atoms with Gasteiger partial charge in [0.25, 0.3) is 5.91 Å². The first kappa shape index (κ1) is 34.6. The minimum Gasteiger partial charge on any atom is -0.508 e. The first-order valence-electron chi connectivity index (χ1n) is 12.7. The van der Waals surface area contributed by atoms with Gasteiger partial charge in [0.2, 0.25) is 17.8 Å². The number of phenolic OH excluding ortho intramolecular Hbond substituents is 3. The molecule has 17 N–H and O–H groups in total. The number of phenols is 3. The lowest BCUT2D eigenvalue weighted by Crippen LogP contribution is -2.34. The standard InChI is InChI=1S/C26H31N7O4.4H3N/c34-18-8-9-19(21(35)16-18)23(37)28-20-10-7-17(15-22(20)36)27-24-29-25(32-11-3-1-4-12-32)31-26(30-24)33-13-5-2-6-14-33;;;;/h7-10,15-16,34-36H,1-6,11-14H2,(H,28,37)(H,27,29,30,31);4*1H3. The number of nitrogens with one attached hydrogen (secondary N) is 2. The number of piperidine rings is 2. The highest BCUT2D eigenvalue weighted by Gasteiger charge is 2.21. The fourth-order valence-corrected chi connectivity index (χ4v) is 4.63. The van der Waals surface area contributed by atoms with E-state index in [-0.39, 0.29) is 53.1 Å². The topological polar surface area (TPSA) is 287 Å². The van der Waals surface area contributed by atoms with Gasteiger partial charge in [-0.2, -0.15) is 15.0 Å². The van der Waals surface area contributed by atoms with Crippen LogP contribution in [0.1, 0.15) is 48.9 Å². The Morgan fingerprint density at radius 2 is 1.24 bits per heavy atom. The van der Waals surface area contributed by atoms with Crippen molar-refractivity contribution in [2.45, 2.75) is 38.5 Å². The summed E-state index contributed by atoms with van der Waals surface area (Å²) in [7, 11) is 0. The van der Waals surface area contributed by atoms with Crippen LogP contribution in [0.2, 0.25) is 0 Å². The molecule has 2 saturated heterocycles. The third-order valence-electron chi connectivity index (χ3n) is 6.62. The van der Waals surface area contributed by atoms with Crippen LogP contribution in [0.15, 0.2) is 36.4 Å². The number of nitrogens with zero attached hydrogens (tertiary/aromatic N) is 5. The van der Waals surface area contributed by atoms with Crippen LogP contribution in [0.4, 0.5) is 29.2 Å². The maximum atomic E-state index is 12.5. The summed E-state index contributed by atoms with van der Waals surface area (Å²) in [6, 6.07) is 8.38. The molecular formula is C26H43N11O4. The molecule has 15 nitrogen and oxygen atoms in total. The van der Waals surface area contributed by atoms with E-state index >= 15 is 0 Å². The summed E-state index contributed by atoms with van der Waals surface area (Å²) in [5.74, 6) is 0.388. The van der Waals surface area contributed by atoms with Gasteiger partial charge in [-0.15, -0.1) is 0 Å². The molecule has 2 aliphatic rings. The van der Waals surface area contributed by atoms with Crippen LogP contribution in [0, 0.1) is 0 Å². The van der Waals surface area contributed by atoms with E-state index in [1.54, 1.807) is 12.1 Å². The molecule has 2 aromatic carbocycles. The number of amides is 1. The Labute approximate surface area is 239 Å². The van der Waals surface area contributed by atoms with E-state index in [1.165, 1.54) is 31.0 Å². The van der Waals surface area contributed by atoms with Gasteiger partial charge in [-0.1, -0.05) is 0 Å². The minimum atomic E-state index is -0.622. The summed E-state index contributed by atoms with van der Waals surface area (Å²) in [4.78, 5) is 31.0. The Kier molecular flexibility index (Phi) is 13.0.